The molecule has 11 heteroatoms. The minimum atomic E-state index is -3.73. The highest BCUT2D eigenvalue weighted by Gasteiger charge is 2.15. The molecule has 1 heterocycles. The molecule has 1 aromatic carbocycles. The van der Waals surface area contributed by atoms with Crippen LogP contribution in [-0.4, -0.2) is 30.3 Å². The zero-order valence-electron chi connectivity index (χ0n) is 11.6. The molecule has 1 aromatic heterocycles. The molecular formula is C12H12N4O4S3. The van der Waals surface area contributed by atoms with Crippen LogP contribution in [0.3, 0.4) is 0 Å². The Morgan fingerprint density at radius 1 is 1.26 bits per heavy atom. The normalized spacial score (nSPS) is 11.0. The number of amides is 2. The first kappa shape index (κ1) is 17.2. The van der Waals surface area contributed by atoms with Gasteiger partial charge in [-0.2, -0.15) is 0 Å². The van der Waals surface area contributed by atoms with Crippen molar-refractivity contribution in [2.45, 2.75) is 4.90 Å². The quantitative estimate of drug-likeness (QED) is 0.707. The van der Waals surface area contributed by atoms with Crippen LogP contribution in [0.4, 0.5) is 15.6 Å². The Morgan fingerprint density at radius 2 is 1.96 bits per heavy atom. The average molecular weight is 372 g/mol. The SMILES string of the molecule is NC(=O)SCC(=O)Nc1ccc(S(=O)(=O)Nc2nccs2)cc1. The predicted molar refractivity (Wildman–Crippen MR) is 90.0 cm³/mol. The summed E-state index contributed by atoms with van der Waals surface area (Å²) in [7, 11) is -3.73. The molecule has 0 saturated carbocycles. The number of carbonyl (C=O) groups is 2. The Balaban J connectivity index is 2.01. The lowest BCUT2D eigenvalue weighted by atomic mass is 10.3. The molecule has 0 radical (unpaired) electrons. The van der Waals surface area contributed by atoms with Crippen molar-refractivity contribution in [3.8, 4) is 0 Å². The first-order valence-corrected chi connectivity index (χ1v) is 9.46. The van der Waals surface area contributed by atoms with Gasteiger partial charge in [0.05, 0.1) is 10.6 Å². The first-order chi connectivity index (χ1) is 10.9. The molecule has 0 spiro atoms. The molecule has 122 valence electrons. The standard InChI is InChI=1S/C12H12N4O4S3/c13-11(18)22-7-10(17)15-8-1-3-9(4-2-8)23(19,20)16-12-14-5-6-21-12/h1-6H,7H2,(H2,13,18)(H,14,16)(H,15,17). The third-order valence-corrected chi connectivity index (χ3v) is 5.31. The molecule has 0 aliphatic rings. The smallest absolute Gasteiger partial charge is 0.276 e. The lowest BCUT2D eigenvalue weighted by Crippen LogP contribution is -2.17. The first-order valence-electron chi connectivity index (χ1n) is 6.11. The van der Waals surface area contributed by atoms with Crippen molar-refractivity contribution in [2.75, 3.05) is 15.8 Å². The van der Waals surface area contributed by atoms with E-state index in [1.54, 1.807) is 5.38 Å². The van der Waals surface area contributed by atoms with Gasteiger partial charge < -0.3 is 11.1 Å². The van der Waals surface area contributed by atoms with Crippen molar-refractivity contribution >= 4 is 55.1 Å². The number of sulfonamides is 1. The number of carbonyl (C=O) groups excluding carboxylic acids is 2. The van der Waals surface area contributed by atoms with E-state index in [-0.39, 0.29) is 15.8 Å². The van der Waals surface area contributed by atoms with Crippen LogP contribution in [0.2, 0.25) is 0 Å². The molecule has 8 nitrogen and oxygen atoms in total. The molecule has 2 amide bonds. The number of nitrogens with one attached hydrogen (secondary N) is 2. The Morgan fingerprint density at radius 3 is 2.52 bits per heavy atom. The summed E-state index contributed by atoms with van der Waals surface area (Å²) in [6.45, 7) is 0. The van der Waals surface area contributed by atoms with Crippen LogP contribution in [0, 0.1) is 0 Å². The summed E-state index contributed by atoms with van der Waals surface area (Å²) in [5, 5.41) is 3.81. The number of anilines is 2. The van der Waals surface area contributed by atoms with Crippen LogP contribution in [0.25, 0.3) is 0 Å². The van der Waals surface area contributed by atoms with Gasteiger partial charge in [0.15, 0.2) is 5.13 Å². The summed E-state index contributed by atoms with van der Waals surface area (Å²) < 4.78 is 26.6. The predicted octanol–water partition coefficient (Wildman–Crippen LogP) is 1.69. The van der Waals surface area contributed by atoms with Gasteiger partial charge in [0.1, 0.15) is 0 Å². The van der Waals surface area contributed by atoms with Gasteiger partial charge in [-0.3, -0.25) is 14.3 Å². The zero-order chi connectivity index (χ0) is 16.9. The lowest BCUT2D eigenvalue weighted by Gasteiger charge is -2.07. The van der Waals surface area contributed by atoms with E-state index in [2.05, 4.69) is 15.0 Å². The third-order valence-electron chi connectivity index (χ3n) is 2.45. The number of primary amides is 1. The van der Waals surface area contributed by atoms with Crippen LogP contribution in [0.5, 0.6) is 0 Å². The summed E-state index contributed by atoms with van der Waals surface area (Å²) in [6, 6.07) is 5.60. The van der Waals surface area contributed by atoms with E-state index in [0.717, 1.165) is 0 Å². The molecule has 0 bridgehead atoms. The molecule has 0 fully saturated rings. The summed E-state index contributed by atoms with van der Waals surface area (Å²) in [5.41, 5.74) is 5.33. The number of nitrogens with zero attached hydrogens (tertiary/aromatic N) is 1. The second-order valence-corrected chi connectivity index (χ2v) is 7.68. The highest BCUT2D eigenvalue weighted by molar-refractivity contribution is 8.14. The van der Waals surface area contributed by atoms with E-state index in [9.17, 15) is 18.0 Å². The van der Waals surface area contributed by atoms with Gasteiger partial charge in [0.25, 0.3) is 15.3 Å². The average Bonchev–Trinajstić information content (AvgIpc) is 2.98. The largest absolute Gasteiger partial charge is 0.361 e. The number of benzene rings is 1. The van der Waals surface area contributed by atoms with Crippen LogP contribution >= 0.6 is 23.1 Å². The second kappa shape index (κ2) is 7.44. The maximum atomic E-state index is 12.1. The number of thiazole rings is 1. The van der Waals surface area contributed by atoms with Gasteiger partial charge in [0, 0.05) is 17.3 Å². The van der Waals surface area contributed by atoms with E-state index in [0.29, 0.717) is 17.4 Å². The Bertz CT molecular complexity index is 788. The molecule has 0 atom stereocenters. The maximum Gasteiger partial charge on any atom is 0.276 e. The Labute approximate surface area is 140 Å². The molecule has 0 aliphatic heterocycles. The van der Waals surface area contributed by atoms with Crippen LogP contribution in [-0.2, 0) is 14.8 Å². The van der Waals surface area contributed by atoms with E-state index in [1.165, 1.54) is 41.8 Å². The molecule has 0 unspecified atom stereocenters. The number of thioether (sulfide) groups is 1. The highest BCUT2D eigenvalue weighted by Crippen LogP contribution is 2.19. The topological polar surface area (TPSA) is 131 Å². The summed E-state index contributed by atoms with van der Waals surface area (Å²) in [6.07, 6.45) is 1.49. The molecule has 0 saturated heterocycles. The Hall–Kier alpha value is -2.11. The van der Waals surface area contributed by atoms with Crippen molar-refractivity contribution in [3.63, 3.8) is 0 Å². The third kappa shape index (κ3) is 5.23. The van der Waals surface area contributed by atoms with Crippen molar-refractivity contribution in [3.05, 3.63) is 35.8 Å². The van der Waals surface area contributed by atoms with Crippen molar-refractivity contribution in [1.29, 1.82) is 0 Å². The fourth-order valence-corrected chi connectivity index (χ4v) is 3.63. The number of aromatic nitrogens is 1. The summed E-state index contributed by atoms with van der Waals surface area (Å²) in [5.74, 6) is -0.522. The minimum Gasteiger partial charge on any atom is -0.361 e. The van der Waals surface area contributed by atoms with Gasteiger partial charge >= 0.3 is 0 Å². The molecule has 2 aromatic rings. The van der Waals surface area contributed by atoms with Crippen molar-refractivity contribution < 1.29 is 18.0 Å². The van der Waals surface area contributed by atoms with Gasteiger partial charge in [-0.15, -0.1) is 11.3 Å². The lowest BCUT2D eigenvalue weighted by molar-refractivity contribution is -0.113. The van der Waals surface area contributed by atoms with E-state index >= 15 is 0 Å². The molecule has 0 aliphatic carbocycles. The fourth-order valence-electron chi connectivity index (χ4n) is 1.50. The van der Waals surface area contributed by atoms with E-state index < -0.39 is 21.2 Å². The van der Waals surface area contributed by atoms with Crippen molar-refractivity contribution in [2.24, 2.45) is 5.73 Å². The number of rotatable bonds is 6. The summed E-state index contributed by atoms with van der Waals surface area (Å²) >= 11 is 1.85. The maximum absolute atomic E-state index is 12.1. The zero-order valence-corrected chi connectivity index (χ0v) is 14.0. The van der Waals surface area contributed by atoms with Crippen LogP contribution in [0.1, 0.15) is 0 Å². The van der Waals surface area contributed by atoms with Crippen LogP contribution < -0.4 is 15.8 Å². The molecular weight excluding hydrogens is 360 g/mol. The number of nitrogens with two attached hydrogens (primary N) is 1. The highest BCUT2D eigenvalue weighted by atomic mass is 32.2. The number of hydrogen-bond acceptors (Lipinski definition) is 7. The second-order valence-electron chi connectivity index (χ2n) is 4.12. The minimum absolute atomic E-state index is 0.0391. The van der Waals surface area contributed by atoms with Gasteiger partial charge in [0.2, 0.25) is 5.91 Å². The monoisotopic (exact) mass is 372 g/mol. The Kier molecular flexibility index (Phi) is 5.58. The van der Waals surface area contributed by atoms with Crippen molar-refractivity contribution in [1.82, 2.24) is 4.98 Å². The fraction of sp³-hybridized carbons (Fsp3) is 0.0833. The molecule has 23 heavy (non-hydrogen) atoms. The summed E-state index contributed by atoms with van der Waals surface area (Å²) in [4.78, 5) is 26.0. The molecule has 2 rings (SSSR count). The van der Waals surface area contributed by atoms with E-state index in [1.807, 2.05) is 0 Å². The van der Waals surface area contributed by atoms with Gasteiger partial charge in [-0.1, -0.05) is 11.8 Å². The molecule has 4 N–H and O–H groups in total. The van der Waals surface area contributed by atoms with Gasteiger partial charge in [-0.05, 0) is 24.3 Å². The van der Waals surface area contributed by atoms with E-state index in [4.69, 9.17) is 5.73 Å². The number of hydrogen-bond donors (Lipinski definition) is 3. The van der Waals surface area contributed by atoms with Gasteiger partial charge in [-0.25, -0.2) is 13.4 Å². The van der Waals surface area contributed by atoms with Crippen LogP contribution in [0.15, 0.2) is 40.7 Å².